The van der Waals surface area contributed by atoms with Crippen LogP contribution in [0.4, 0.5) is 0 Å². The van der Waals surface area contributed by atoms with E-state index in [1.54, 1.807) is 0 Å². The molecule has 0 fully saturated rings. The van der Waals surface area contributed by atoms with Crippen LogP contribution in [0, 0.1) is 47.3 Å². The van der Waals surface area contributed by atoms with Gasteiger partial charge < -0.3 is 50.8 Å². The molecule has 16 heteroatoms. The molecule has 0 unspecified atom stereocenters. The molecule has 0 radical (unpaired) electrons. The first kappa shape index (κ1) is 70.9. The number of hydrogen-bond donors (Lipinski definition) is 8. The van der Waals surface area contributed by atoms with E-state index in [2.05, 4.69) is 120 Å². The number of Topliss-reactive ketones (excluding diaryl/α,β-unsaturated/α-hetero) is 2. The molecule has 0 aromatic rings. The number of ketones is 2. The highest BCUT2D eigenvalue weighted by Crippen LogP contribution is 2.25. The summed E-state index contributed by atoms with van der Waals surface area (Å²) in [7, 11) is 4.20. The fraction of sp³-hybridized carbons (Fsp3) is 0.885. The molecule has 0 spiro atoms. The minimum absolute atomic E-state index is 0.0424. The van der Waals surface area contributed by atoms with Crippen LogP contribution in [-0.2, 0) is 9.59 Å². The molecule has 0 aromatic carbocycles. The molecule has 0 rings (SSSR count). The minimum atomic E-state index is -0.0424. The summed E-state index contributed by atoms with van der Waals surface area (Å²) in [6.07, 6.45) is 12.7. The van der Waals surface area contributed by atoms with Crippen LogP contribution in [0.5, 0.6) is 0 Å². The van der Waals surface area contributed by atoms with Crippen molar-refractivity contribution >= 4 is 35.4 Å². The Morgan fingerprint density at radius 1 is 0.397 bits per heavy atom. The van der Waals surface area contributed by atoms with Crippen molar-refractivity contribution in [2.45, 2.75) is 212 Å². The van der Waals surface area contributed by atoms with Gasteiger partial charge in [0.2, 0.25) is 0 Å². The van der Waals surface area contributed by atoms with Gasteiger partial charge >= 0.3 is 0 Å². The van der Waals surface area contributed by atoms with Gasteiger partial charge in [0.05, 0.1) is 6.04 Å². The van der Waals surface area contributed by atoms with Crippen LogP contribution in [-0.4, -0.2) is 110 Å². The fourth-order valence-electron chi connectivity index (χ4n) is 7.99. The Morgan fingerprint density at radius 2 is 0.721 bits per heavy atom. The van der Waals surface area contributed by atoms with Crippen LogP contribution >= 0.6 is 0 Å². The normalized spacial score (nSPS) is 12.7. The van der Waals surface area contributed by atoms with Gasteiger partial charge in [0.15, 0.2) is 29.6 Å². The van der Waals surface area contributed by atoms with E-state index in [1.165, 1.54) is 25.7 Å². The summed E-state index contributed by atoms with van der Waals surface area (Å²) in [6, 6.07) is 1.52. The van der Waals surface area contributed by atoms with E-state index < -0.39 is 0 Å². The first-order valence-electron chi connectivity index (χ1n) is 26.1. The van der Waals surface area contributed by atoms with Crippen molar-refractivity contribution in [3.63, 3.8) is 0 Å². The Labute approximate surface area is 419 Å². The average molecular weight is 968 g/mol. The van der Waals surface area contributed by atoms with E-state index in [1.807, 2.05) is 34.7 Å². The summed E-state index contributed by atoms with van der Waals surface area (Å²) in [5, 5.41) is 0. The number of rotatable bonds is 32. The fourth-order valence-corrected chi connectivity index (χ4v) is 7.99. The zero-order valence-electron chi connectivity index (χ0n) is 47.4. The maximum Gasteiger partial charge on any atom is 0.185 e. The van der Waals surface area contributed by atoms with Gasteiger partial charge in [-0.2, -0.15) is 0 Å². The zero-order chi connectivity index (χ0) is 53.7. The lowest BCUT2D eigenvalue weighted by Gasteiger charge is -2.32. The lowest BCUT2D eigenvalue weighted by molar-refractivity contribution is -0.128. The number of carbonyl (C=O) groups is 2. The Hall–Kier alpha value is -3.66. The molecule has 0 saturated carbocycles. The van der Waals surface area contributed by atoms with Crippen molar-refractivity contribution in [2.24, 2.45) is 113 Å². The highest BCUT2D eigenvalue weighted by Gasteiger charge is 2.26. The summed E-state index contributed by atoms with van der Waals surface area (Å²) in [6.45, 7) is 37.2. The van der Waals surface area contributed by atoms with Crippen molar-refractivity contribution in [2.75, 3.05) is 40.3 Å². The van der Waals surface area contributed by atoms with Crippen molar-refractivity contribution in [1.82, 2.24) is 9.80 Å². The predicted octanol–water partition coefficient (Wildman–Crippen LogP) is 7.44. The number of nitrogens with zero attached hydrogens (tertiary/aromatic N) is 6. The third kappa shape index (κ3) is 44.8. The van der Waals surface area contributed by atoms with Gasteiger partial charge in [0, 0.05) is 62.1 Å². The van der Waals surface area contributed by atoms with E-state index in [-0.39, 0.29) is 53.4 Å². The predicted molar refractivity (Wildman–Crippen MR) is 298 cm³/mol. The van der Waals surface area contributed by atoms with Crippen LogP contribution in [0.25, 0.3) is 0 Å². The second-order valence-corrected chi connectivity index (χ2v) is 21.7. The Balaban J connectivity index is -0.000000402. The molecular weight excluding hydrogens is 853 g/mol. The number of guanidine groups is 4. The second-order valence-electron chi connectivity index (χ2n) is 21.7. The average Bonchev–Trinajstić information content (AvgIpc) is 3.20. The number of nitrogens with two attached hydrogens (primary N) is 8. The molecule has 0 aliphatic carbocycles. The van der Waals surface area contributed by atoms with Crippen molar-refractivity contribution in [3.05, 3.63) is 0 Å². The smallest absolute Gasteiger partial charge is 0.185 e. The van der Waals surface area contributed by atoms with E-state index >= 15 is 0 Å². The van der Waals surface area contributed by atoms with Gasteiger partial charge in [-0.25, -0.2) is 0 Å². The van der Waals surface area contributed by atoms with Crippen LogP contribution in [0.2, 0.25) is 0 Å². The van der Waals surface area contributed by atoms with Crippen molar-refractivity contribution in [1.29, 1.82) is 0 Å². The van der Waals surface area contributed by atoms with Crippen LogP contribution in [0.15, 0.2) is 20.0 Å². The molecule has 16 N–H and O–H groups in total. The van der Waals surface area contributed by atoms with E-state index in [0.717, 1.165) is 88.1 Å². The monoisotopic (exact) mass is 967 g/mol. The molecule has 0 heterocycles. The first-order chi connectivity index (χ1) is 31.4. The summed E-state index contributed by atoms with van der Waals surface area (Å²) in [4.78, 5) is 44.7. The number of hydrogen-bond acceptors (Lipinski definition) is 8. The Kier molecular flexibility index (Phi) is 44.0. The molecule has 404 valence electrons. The summed E-state index contributed by atoms with van der Waals surface area (Å²) >= 11 is 0. The largest absolute Gasteiger partial charge is 0.370 e. The maximum absolute atomic E-state index is 12.2. The third-order valence-corrected chi connectivity index (χ3v) is 11.7. The molecule has 0 saturated heterocycles. The van der Waals surface area contributed by atoms with Gasteiger partial charge in [-0.1, -0.05) is 83.1 Å². The third-order valence-electron chi connectivity index (χ3n) is 11.7. The van der Waals surface area contributed by atoms with Gasteiger partial charge in [-0.3, -0.25) is 34.5 Å². The summed E-state index contributed by atoms with van der Waals surface area (Å²) in [5.74, 6) is 5.29. The standard InChI is InChI=1S/C13H28N4O.C13H30N4.C13H27N3O.C13H29N3/c1-9(2)12(18)11(17(5)10(3)4)7-6-8-16-13(14)15;1-10(2)9-12(17(5)11(3)4)7-6-8-16-13(14)15;1-9(2)8-11(12(17)10(3)4)6-5-7-16-13(14)15;1-10(2)8-12(9-11(3)4)6-5-7-16-13(14)15/h9-11H,6-8H2,1-5H3,(H4,14,15,16);10-12H,6-9H2,1-5H3,(H4,14,15,16);9-11H,5-8H2,1-4H3,(H4,14,15,16);10-12H,5-9H2,1-4H3,(H4,14,15,16)/t11-;12-;11-;/m001./s1. The highest BCUT2D eigenvalue weighted by molar-refractivity contribution is 5.85. The molecule has 0 aliphatic heterocycles. The van der Waals surface area contributed by atoms with Gasteiger partial charge in [-0.15, -0.1) is 0 Å². The maximum atomic E-state index is 12.2. The molecule has 0 bridgehead atoms. The van der Waals surface area contributed by atoms with E-state index in [0.29, 0.717) is 42.9 Å². The second kappa shape index (κ2) is 42.2. The lowest BCUT2D eigenvalue weighted by atomic mass is 9.85. The Morgan fingerprint density at radius 3 is 1.03 bits per heavy atom. The van der Waals surface area contributed by atoms with E-state index in [4.69, 9.17) is 45.9 Å². The highest BCUT2D eigenvalue weighted by atomic mass is 16.1. The molecule has 0 amide bonds. The Bertz CT molecular complexity index is 1350. The van der Waals surface area contributed by atoms with Crippen LogP contribution in [0.3, 0.4) is 0 Å². The minimum Gasteiger partial charge on any atom is -0.370 e. The molecule has 0 aliphatic rings. The van der Waals surface area contributed by atoms with Gasteiger partial charge in [0.25, 0.3) is 0 Å². The SMILES string of the molecule is CC(C)C(=O)[C@H](CCCN=C(N)N)N(C)C(C)C.CC(C)CC(CCCN=C(N)N)CC(C)C.CC(C)C[C@@H](CCCN=C(N)N)C(=O)C(C)C.CC(C)C[C@H](CCCN=C(N)N)N(C)C(C)C. The summed E-state index contributed by atoms with van der Waals surface area (Å²) < 4.78 is 0. The molecule has 68 heavy (non-hydrogen) atoms. The zero-order valence-corrected chi connectivity index (χ0v) is 47.4. The first-order valence-corrected chi connectivity index (χ1v) is 26.1. The number of aliphatic imine (C=N–C) groups is 4. The van der Waals surface area contributed by atoms with Crippen molar-refractivity contribution < 1.29 is 9.59 Å². The van der Waals surface area contributed by atoms with Gasteiger partial charge in [-0.05, 0) is 148 Å². The van der Waals surface area contributed by atoms with E-state index in [9.17, 15) is 9.59 Å². The number of likely N-dealkylation sites (N-methyl/N-ethyl adjacent to an activating group) is 1. The molecule has 3 atom stereocenters. The van der Waals surface area contributed by atoms with Crippen LogP contribution < -0.4 is 45.9 Å². The van der Waals surface area contributed by atoms with Gasteiger partial charge in [0.1, 0.15) is 5.78 Å². The molecular formula is C52H114N14O2. The topological polar surface area (TPSA) is 298 Å². The van der Waals surface area contributed by atoms with Crippen LogP contribution in [0.1, 0.15) is 188 Å². The molecule has 16 nitrogen and oxygen atoms in total. The number of carbonyl (C=O) groups excluding carboxylic acids is 2. The molecule has 0 aromatic heterocycles. The van der Waals surface area contributed by atoms with Crippen molar-refractivity contribution in [3.8, 4) is 0 Å². The lowest BCUT2D eigenvalue weighted by Crippen LogP contribution is -2.44. The quantitative estimate of drug-likeness (QED) is 0.0185. The summed E-state index contributed by atoms with van der Waals surface area (Å²) in [5.41, 5.74) is 42.3.